The normalized spacial score (nSPS) is 21.9. The Hall–Kier alpha value is -0.930. The van der Waals surface area contributed by atoms with Gasteiger partial charge >= 0.3 is 0 Å². The summed E-state index contributed by atoms with van der Waals surface area (Å²) in [5, 5.41) is 0. The Labute approximate surface area is 188 Å². The third-order valence-corrected chi connectivity index (χ3v) is 12.9. The minimum atomic E-state index is -4.10. The molecule has 4 nitrogen and oxygen atoms in total. The maximum Gasteiger partial charge on any atom is 0.198 e. The summed E-state index contributed by atoms with van der Waals surface area (Å²) in [5.41, 5.74) is 0. The predicted molar refractivity (Wildman–Crippen MR) is 125 cm³/mol. The van der Waals surface area contributed by atoms with E-state index in [0.717, 1.165) is 23.7 Å². The minimum absolute atomic E-state index is 0.0686. The standard InChI is InChI=1S/C22H27IO4S2/c1-2-3-10-18-15-22(16-19(18)17-23,28(24,25)20-11-6-4-7-12-20)29(26,27)21-13-8-5-9-14-21/h4-9,11-14,18-19H,2-3,10,15-17H2,1H3. The SMILES string of the molecule is CCCCC1CC(S(=O)(=O)c2ccccc2)(S(=O)(=O)c2ccccc2)CC1CI. The Morgan fingerprint density at radius 3 is 1.69 bits per heavy atom. The molecule has 0 amide bonds. The van der Waals surface area contributed by atoms with Crippen molar-refractivity contribution in [3.63, 3.8) is 0 Å². The molecule has 7 heteroatoms. The van der Waals surface area contributed by atoms with Gasteiger partial charge in [-0.25, -0.2) is 16.8 Å². The molecule has 0 radical (unpaired) electrons. The van der Waals surface area contributed by atoms with Gasteiger partial charge in [0.25, 0.3) is 0 Å². The van der Waals surface area contributed by atoms with Crippen LogP contribution in [0.15, 0.2) is 70.5 Å². The molecule has 0 N–H and O–H groups in total. The monoisotopic (exact) mass is 546 g/mol. The van der Waals surface area contributed by atoms with Crippen molar-refractivity contribution in [3.8, 4) is 0 Å². The molecule has 3 rings (SSSR count). The fourth-order valence-electron chi connectivity index (χ4n) is 4.41. The Balaban J connectivity index is 2.21. The van der Waals surface area contributed by atoms with E-state index in [1.165, 1.54) is 24.3 Å². The minimum Gasteiger partial charge on any atom is -0.222 e. The number of alkyl halides is 1. The summed E-state index contributed by atoms with van der Waals surface area (Å²) in [5.74, 6) is 0.156. The maximum atomic E-state index is 13.9. The topological polar surface area (TPSA) is 68.3 Å². The zero-order chi connectivity index (χ0) is 21.1. The van der Waals surface area contributed by atoms with Crippen LogP contribution < -0.4 is 0 Å². The molecule has 0 aromatic heterocycles. The first-order chi connectivity index (χ1) is 13.8. The quantitative estimate of drug-likeness (QED) is 0.334. The molecule has 0 saturated heterocycles. The van der Waals surface area contributed by atoms with Crippen molar-refractivity contribution in [2.75, 3.05) is 4.43 Å². The number of sulfone groups is 2. The highest BCUT2D eigenvalue weighted by molar-refractivity contribution is 14.1. The second kappa shape index (κ2) is 9.06. The number of benzene rings is 2. The first kappa shape index (κ1) is 22.7. The van der Waals surface area contributed by atoms with Gasteiger partial charge in [-0.3, -0.25) is 0 Å². The first-order valence-electron chi connectivity index (χ1n) is 9.95. The van der Waals surface area contributed by atoms with Crippen LogP contribution in [-0.2, 0) is 19.7 Å². The second-order valence-corrected chi connectivity index (χ2v) is 13.4. The molecule has 1 fully saturated rings. The highest BCUT2D eigenvalue weighted by Crippen LogP contribution is 2.53. The van der Waals surface area contributed by atoms with Gasteiger partial charge in [-0.1, -0.05) is 85.2 Å². The average Bonchev–Trinajstić information content (AvgIpc) is 3.14. The molecular weight excluding hydrogens is 519 g/mol. The largest absolute Gasteiger partial charge is 0.222 e. The van der Waals surface area contributed by atoms with Crippen LogP contribution in [0.2, 0.25) is 0 Å². The van der Waals surface area contributed by atoms with E-state index in [1.54, 1.807) is 36.4 Å². The number of unbranched alkanes of at least 4 members (excludes halogenated alkanes) is 1. The Morgan fingerprint density at radius 1 is 0.828 bits per heavy atom. The molecule has 2 unspecified atom stereocenters. The van der Waals surface area contributed by atoms with Crippen LogP contribution in [0.5, 0.6) is 0 Å². The van der Waals surface area contributed by atoms with Gasteiger partial charge in [0, 0.05) is 4.43 Å². The lowest BCUT2D eigenvalue weighted by molar-refractivity contribution is 0.388. The van der Waals surface area contributed by atoms with Crippen molar-refractivity contribution in [2.24, 2.45) is 11.8 Å². The lowest BCUT2D eigenvalue weighted by Crippen LogP contribution is -2.44. The zero-order valence-corrected chi connectivity index (χ0v) is 20.3. The van der Waals surface area contributed by atoms with Crippen LogP contribution in [-0.4, -0.2) is 25.3 Å². The van der Waals surface area contributed by atoms with Crippen LogP contribution >= 0.6 is 22.6 Å². The highest BCUT2D eigenvalue weighted by Gasteiger charge is 2.62. The number of hydrogen-bond donors (Lipinski definition) is 0. The molecule has 2 aromatic carbocycles. The van der Waals surface area contributed by atoms with Crippen molar-refractivity contribution in [2.45, 2.75) is 52.9 Å². The summed E-state index contributed by atoms with van der Waals surface area (Å²) in [6, 6.07) is 16.1. The maximum absolute atomic E-state index is 13.9. The van der Waals surface area contributed by atoms with Crippen molar-refractivity contribution < 1.29 is 16.8 Å². The van der Waals surface area contributed by atoms with Crippen LogP contribution in [0.4, 0.5) is 0 Å². The third-order valence-electron chi connectivity index (χ3n) is 6.03. The molecule has 0 heterocycles. The van der Waals surface area contributed by atoms with Gasteiger partial charge in [0.2, 0.25) is 0 Å². The Kier molecular flexibility index (Phi) is 7.10. The Morgan fingerprint density at radius 2 is 1.28 bits per heavy atom. The van der Waals surface area contributed by atoms with Crippen LogP contribution in [0.25, 0.3) is 0 Å². The van der Waals surface area contributed by atoms with Gasteiger partial charge in [-0.2, -0.15) is 0 Å². The van der Waals surface area contributed by atoms with Crippen LogP contribution in [0.3, 0.4) is 0 Å². The number of halogens is 1. The molecule has 2 aromatic rings. The van der Waals surface area contributed by atoms with E-state index in [2.05, 4.69) is 29.5 Å². The smallest absolute Gasteiger partial charge is 0.198 e. The van der Waals surface area contributed by atoms with Gasteiger partial charge in [0.15, 0.2) is 23.8 Å². The summed E-state index contributed by atoms with van der Waals surface area (Å²) in [6.07, 6.45) is 3.16. The molecule has 0 bridgehead atoms. The highest BCUT2D eigenvalue weighted by atomic mass is 127. The van der Waals surface area contributed by atoms with E-state index in [4.69, 9.17) is 0 Å². The molecule has 0 aliphatic heterocycles. The average molecular weight is 546 g/mol. The van der Waals surface area contributed by atoms with Crippen molar-refractivity contribution in [3.05, 3.63) is 60.7 Å². The fraction of sp³-hybridized carbons (Fsp3) is 0.455. The second-order valence-electron chi connectivity index (χ2n) is 7.77. The van der Waals surface area contributed by atoms with Gasteiger partial charge in [-0.05, 0) is 48.9 Å². The molecule has 1 saturated carbocycles. The molecule has 158 valence electrons. The van der Waals surface area contributed by atoms with Gasteiger partial charge in [-0.15, -0.1) is 0 Å². The van der Waals surface area contributed by atoms with E-state index in [-0.39, 0.29) is 34.5 Å². The summed E-state index contributed by atoms with van der Waals surface area (Å²) in [6.45, 7) is 2.10. The van der Waals surface area contributed by atoms with E-state index in [0.29, 0.717) is 0 Å². The molecule has 1 aliphatic carbocycles. The van der Waals surface area contributed by atoms with Crippen LogP contribution in [0, 0.1) is 11.8 Å². The van der Waals surface area contributed by atoms with Crippen LogP contribution in [0.1, 0.15) is 39.0 Å². The van der Waals surface area contributed by atoms with Crippen molar-refractivity contribution in [1.82, 2.24) is 0 Å². The molecule has 1 aliphatic rings. The number of hydrogen-bond acceptors (Lipinski definition) is 4. The molecule has 0 spiro atoms. The fourth-order valence-corrected chi connectivity index (χ4v) is 10.8. The third kappa shape index (κ3) is 4.02. The summed E-state index contributed by atoms with van der Waals surface area (Å²) < 4.78 is 54.4. The Bertz CT molecular complexity index is 949. The summed E-state index contributed by atoms with van der Waals surface area (Å²) >= 11 is 2.27. The van der Waals surface area contributed by atoms with Gasteiger partial charge in [0.1, 0.15) is 0 Å². The van der Waals surface area contributed by atoms with E-state index in [1.807, 2.05) is 0 Å². The van der Waals surface area contributed by atoms with Crippen molar-refractivity contribution in [1.29, 1.82) is 0 Å². The predicted octanol–water partition coefficient (Wildman–Crippen LogP) is 5.28. The summed E-state index contributed by atoms with van der Waals surface area (Å²) in [4.78, 5) is 0.172. The van der Waals surface area contributed by atoms with Gasteiger partial charge in [0.05, 0.1) is 9.79 Å². The molecule has 29 heavy (non-hydrogen) atoms. The number of rotatable bonds is 8. The zero-order valence-electron chi connectivity index (χ0n) is 16.5. The van der Waals surface area contributed by atoms with E-state index < -0.39 is 23.8 Å². The lowest BCUT2D eigenvalue weighted by Gasteiger charge is -2.29. The van der Waals surface area contributed by atoms with Gasteiger partial charge < -0.3 is 0 Å². The summed E-state index contributed by atoms with van der Waals surface area (Å²) in [7, 11) is -8.20. The van der Waals surface area contributed by atoms with E-state index >= 15 is 0 Å². The molecular formula is C22H27IO4S2. The van der Waals surface area contributed by atoms with Crippen molar-refractivity contribution >= 4 is 42.3 Å². The lowest BCUT2D eigenvalue weighted by atomic mass is 9.93. The molecule has 2 atom stereocenters. The first-order valence-corrected chi connectivity index (χ1v) is 14.4. The van der Waals surface area contributed by atoms with E-state index in [9.17, 15) is 16.8 Å².